The summed E-state index contributed by atoms with van der Waals surface area (Å²) in [5.41, 5.74) is 6.00. The molecule has 0 spiro atoms. The molecule has 2 heterocycles. The summed E-state index contributed by atoms with van der Waals surface area (Å²) in [6, 6.07) is 0.264. The number of nitrogens with zero attached hydrogens (tertiary/aromatic N) is 3. The van der Waals surface area contributed by atoms with Crippen LogP contribution in [-0.2, 0) is 9.59 Å². The molecule has 0 bridgehead atoms. The molecule has 6 nitrogen and oxygen atoms in total. The Hall–Kier alpha value is -1.14. The minimum atomic E-state index is 0.0935. The van der Waals surface area contributed by atoms with Gasteiger partial charge in [0.1, 0.15) is 0 Å². The molecule has 0 aromatic carbocycles. The van der Waals surface area contributed by atoms with Crippen molar-refractivity contribution in [3.63, 3.8) is 0 Å². The molecule has 2 aliphatic rings. The summed E-state index contributed by atoms with van der Waals surface area (Å²) in [5, 5.41) is 0. The second-order valence-electron chi connectivity index (χ2n) is 6.05. The number of piperidine rings is 1. The Morgan fingerprint density at radius 1 is 1.10 bits per heavy atom. The first-order valence-electron chi connectivity index (χ1n) is 7.48. The Morgan fingerprint density at radius 3 is 2.25 bits per heavy atom. The van der Waals surface area contributed by atoms with Gasteiger partial charge in [-0.1, -0.05) is 6.92 Å². The van der Waals surface area contributed by atoms with Crippen molar-refractivity contribution in [2.75, 3.05) is 45.8 Å². The fraction of sp³-hybridized carbons (Fsp3) is 0.857. The summed E-state index contributed by atoms with van der Waals surface area (Å²) in [6.45, 7) is 8.64. The second kappa shape index (κ2) is 6.54. The van der Waals surface area contributed by atoms with Gasteiger partial charge in [-0.25, -0.2) is 0 Å². The molecule has 2 rings (SSSR count). The van der Waals surface area contributed by atoms with E-state index < -0.39 is 0 Å². The van der Waals surface area contributed by atoms with E-state index in [1.165, 1.54) is 0 Å². The fourth-order valence-corrected chi connectivity index (χ4v) is 2.96. The SMILES string of the molecule is CC(=O)N1CCN(C(=O)CN2CCC(N)C(C)C2)CC1. The zero-order valence-corrected chi connectivity index (χ0v) is 12.5. The van der Waals surface area contributed by atoms with Crippen LogP contribution in [0.4, 0.5) is 0 Å². The molecule has 0 saturated carbocycles. The van der Waals surface area contributed by atoms with Crippen LogP contribution < -0.4 is 5.73 Å². The number of carbonyl (C=O) groups excluding carboxylic acids is 2. The molecule has 2 aliphatic heterocycles. The van der Waals surface area contributed by atoms with Crippen LogP contribution >= 0.6 is 0 Å². The standard InChI is InChI=1S/C14H26N4O2/c1-11-9-16(4-3-13(11)15)10-14(20)18-7-5-17(6-8-18)12(2)19/h11,13H,3-10,15H2,1-2H3. The lowest BCUT2D eigenvalue weighted by Crippen LogP contribution is -2.54. The number of carbonyl (C=O) groups is 2. The first kappa shape index (κ1) is 15.3. The summed E-state index contributed by atoms with van der Waals surface area (Å²) in [7, 11) is 0. The van der Waals surface area contributed by atoms with Crippen molar-refractivity contribution in [2.24, 2.45) is 11.7 Å². The lowest BCUT2D eigenvalue weighted by Gasteiger charge is -2.38. The Labute approximate surface area is 120 Å². The van der Waals surface area contributed by atoms with Crippen LogP contribution in [0.2, 0.25) is 0 Å². The monoisotopic (exact) mass is 282 g/mol. The lowest BCUT2D eigenvalue weighted by molar-refractivity contribution is -0.139. The van der Waals surface area contributed by atoms with Crippen molar-refractivity contribution in [1.82, 2.24) is 14.7 Å². The number of hydrogen-bond acceptors (Lipinski definition) is 4. The molecule has 2 atom stereocenters. The van der Waals surface area contributed by atoms with Crippen molar-refractivity contribution in [2.45, 2.75) is 26.3 Å². The predicted molar refractivity (Wildman–Crippen MR) is 77.0 cm³/mol. The van der Waals surface area contributed by atoms with Crippen molar-refractivity contribution in [3.8, 4) is 0 Å². The third-order valence-electron chi connectivity index (χ3n) is 4.49. The van der Waals surface area contributed by atoms with Crippen LogP contribution in [0.5, 0.6) is 0 Å². The predicted octanol–water partition coefficient (Wildman–Crippen LogP) is -0.654. The highest BCUT2D eigenvalue weighted by molar-refractivity contribution is 5.79. The van der Waals surface area contributed by atoms with E-state index in [4.69, 9.17) is 5.73 Å². The Morgan fingerprint density at radius 2 is 1.70 bits per heavy atom. The molecule has 20 heavy (non-hydrogen) atoms. The van der Waals surface area contributed by atoms with E-state index in [0.717, 1.165) is 19.5 Å². The first-order chi connectivity index (χ1) is 9.47. The number of amides is 2. The van der Waals surface area contributed by atoms with Crippen LogP contribution in [0.3, 0.4) is 0 Å². The second-order valence-corrected chi connectivity index (χ2v) is 6.05. The summed E-state index contributed by atoms with van der Waals surface area (Å²) >= 11 is 0. The minimum absolute atomic E-state index is 0.0935. The molecule has 0 aromatic rings. The van der Waals surface area contributed by atoms with Gasteiger partial charge in [-0.05, 0) is 12.3 Å². The van der Waals surface area contributed by atoms with E-state index in [2.05, 4.69) is 11.8 Å². The molecule has 2 unspecified atom stereocenters. The summed E-state index contributed by atoms with van der Waals surface area (Å²) < 4.78 is 0. The van der Waals surface area contributed by atoms with E-state index in [1.807, 2.05) is 4.90 Å². The molecule has 0 aliphatic carbocycles. The molecule has 2 amide bonds. The first-order valence-corrected chi connectivity index (χ1v) is 7.48. The van der Waals surface area contributed by atoms with Crippen LogP contribution in [-0.4, -0.2) is 78.4 Å². The van der Waals surface area contributed by atoms with E-state index in [0.29, 0.717) is 38.6 Å². The van der Waals surface area contributed by atoms with E-state index in [-0.39, 0.29) is 17.9 Å². The average Bonchev–Trinajstić information content (AvgIpc) is 2.43. The summed E-state index contributed by atoms with van der Waals surface area (Å²) in [4.78, 5) is 29.4. The zero-order chi connectivity index (χ0) is 14.7. The van der Waals surface area contributed by atoms with Crippen LogP contribution in [0.25, 0.3) is 0 Å². The maximum Gasteiger partial charge on any atom is 0.236 e. The van der Waals surface area contributed by atoms with E-state index in [9.17, 15) is 9.59 Å². The Bertz CT molecular complexity index is 366. The third kappa shape index (κ3) is 3.70. The van der Waals surface area contributed by atoms with Gasteiger partial charge in [-0.3, -0.25) is 14.5 Å². The maximum atomic E-state index is 12.3. The van der Waals surface area contributed by atoms with Crippen LogP contribution in [0, 0.1) is 5.92 Å². The molecule has 0 radical (unpaired) electrons. The van der Waals surface area contributed by atoms with Gasteiger partial charge < -0.3 is 15.5 Å². The van der Waals surface area contributed by atoms with Gasteiger partial charge >= 0.3 is 0 Å². The summed E-state index contributed by atoms with van der Waals surface area (Å²) in [6.07, 6.45) is 0.965. The molecular weight excluding hydrogens is 256 g/mol. The molecule has 2 N–H and O–H groups in total. The number of likely N-dealkylation sites (tertiary alicyclic amines) is 1. The van der Waals surface area contributed by atoms with Gasteiger partial charge in [0, 0.05) is 52.2 Å². The quantitative estimate of drug-likeness (QED) is 0.730. The Balaban J connectivity index is 1.77. The smallest absolute Gasteiger partial charge is 0.236 e. The minimum Gasteiger partial charge on any atom is -0.339 e. The van der Waals surface area contributed by atoms with E-state index >= 15 is 0 Å². The van der Waals surface area contributed by atoms with Crippen LogP contribution in [0.1, 0.15) is 20.3 Å². The molecule has 6 heteroatoms. The van der Waals surface area contributed by atoms with Crippen molar-refractivity contribution in [1.29, 1.82) is 0 Å². The topological polar surface area (TPSA) is 69.9 Å². The van der Waals surface area contributed by atoms with Crippen LogP contribution in [0.15, 0.2) is 0 Å². The highest BCUT2D eigenvalue weighted by Crippen LogP contribution is 2.15. The van der Waals surface area contributed by atoms with Gasteiger partial charge in [0.05, 0.1) is 6.54 Å². The lowest BCUT2D eigenvalue weighted by atomic mass is 9.95. The van der Waals surface area contributed by atoms with Gasteiger partial charge in [-0.2, -0.15) is 0 Å². The van der Waals surface area contributed by atoms with Gasteiger partial charge in [0.15, 0.2) is 0 Å². The van der Waals surface area contributed by atoms with Gasteiger partial charge in [-0.15, -0.1) is 0 Å². The average molecular weight is 282 g/mol. The molecule has 2 saturated heterocycles. The third-order valence-corrected chi connectivity index (χ3v) is 4.49. The van der Waals surface area contributed by atoms with Gasteiger partial charge in [0.2, 0.25) is 11.8 Å². The zero-order valence-electron chi connectivity index (χ0n) is 12.5. The normalized spacial score (nSPS) is 28.6. The molecule has 0 aromatic heterocycles. The van der Waals surface area contributed by atoms with Gasteiger partial charge in [0.25, 0.3) is 0 Å². The molecular formula is C14H26N4O2. The molecule has 114 valence electrons. The number of hydrogen-bond donors (Lipinski definition) is 1. The number of nitrogens with two attached hydrogens (primary N) is 1. The van der Waals surface area contributed by atoms with Crippen molar-refractivity contribution in [3.05, 3.63) is 0 Å². The summed E-state index contributed by atoms with van der Waals surface area (Å²) in [5.74, 6) is 0.720. The van der Waals surface area contributed by atoms with Crippen molar-refractivity contribution < 1.29 is 9.59 Å². The highest BCUT2D eigenvalue weighted by Gasteiger charge is 2.27. The number of rotatable bonds is 2. The maximum absolute atomic E-state index is 12.3. The van der Waals surface area contributed by atoms with E-state index in [1.54, 1.807) is 11.8 Å². The highest BCUT2D eigenvalue weighted by atomic mass is 16.2. The van der Waals surface area contributed by atoms with Crippen molar-refractivity contribution >= 4 is 11.8 Å². The number of piperazine rings is 1. The fourth-order valence-electron chi connectivity index (χ4n) is 2.96. The largest absolute Gasteiger partial charge is 0.339 e. The molecule has 2 fully saturated rings. The Kier molecular flexibility index (Phi) is 4.99.